The first kappa shape index (κ1) is 58.0. The van der Waals surface area contributed by atoms with E-state index in [9.17, 15) is 28.8 Å². The lowest BCUT2D eigenvalue weighted by Gasteiger charge is -2.37. The molecular formula is C54H73N9O10S. The van der Waals surface area contributed by atoms with E-state index in [0.717, 1.165) is 5.01 Å². The second-order valence-electron chi connectivity index (χ2n) is 19.7. The molecule has 74 heavy (non-hydrogen) atoms. The lowest BCUT2D eigenvalue weighted by Crippen LogP contribution is -2.61. The van der Waals surface area contributed by atoms with E-state index in [1.807, 2.05) is 38.3 Å². The van der Waals surface area contributed by atoms with Crippen LogP contribution in [0, 0.1) is 5.92 Å². The molecule has 1 aliphatic rings. The van der Waals surface area contributed by atoms with Gasteiger partial charge in [0.2, 0.25) is 23.6 Å². The van der Waals surface area contributed by atoms with E-state index in [2.05, 4.69) is 20.9 Å². The molecule has 5 atom stereocenters. The van der Waals surface area contributed by atoms with Gasteiger partial charge in [0.1, 0.15) is 42.4 Å². The minimum atomic E-state index is -1.71. The molecule has 20 heteroatoms. The number of nitrogens with two attached hydrogens (primary N) is 2. The first-order chi connectivity index (χ1) is 35.3. The summed E-state index contributed by atoms with van der Waals surface area (Å²) in [5, 5.41) is 11.3. The SMILES string of the molecule is CSCCC(C(N)=O)N(C(=O)CCC(C)C)N1CC[C@@H](NC(=O)[C@@H](Cc2ccccc2)NC(=O)[C@@H](Cc2c[nH]c3ccccc23)N(C(=O)OCc2ccccc2)C(=O)[C@H](CCCCN)NC(=O)OC(C)(C)C)C1=O. The summed E-state index contributed by atoms with van der Waals surface area (Å²) in [6, 6.07) is 18.0. The topological polar surface area (TPSA) is 269 Å². The minimum absolute atomic E-state index is 0.00312. The molecule has 8 N–H and O–H groups in total. The number of fused-ring (bicyclic) bond motifs is 1. The normalized spacial score (nSPS) is 15.2. The second kappa shape index (κ2) is 27.9. The molecular weight excluding hydrogens is 967 g/mol. The highest BCUT2D eigenvalue weighted by molar-refractivity contribution is 7.98. The lowest BCUT2D eigenvalue weighted by atomic mass is 9.99. The number of aromatic amines is 1. The molecule has 400 valence electrons. The minimum Gasteiger partial charge on any atom is -0.444 e. The number of nitrogens with one attached hydrogen (secondary N) is 4. The Hall–Kier alpha value is -6.93. The van der Waals surface area contributed by atoms with Crippen molar-refractivity contribution in [3.8, 4) is 0 Å². The molecule has 5 rings (SSSR count). The van der Waals surface area contributed by atoms with Crippen LogP contribution in [0.1, 0.15) is 96.3 Å². The highest BCUT2D eigenvalue weighted by atomic mass is 32.2. The van der Waals surface area contributed by atoms with Crippen LogP contribution in [0.2, 0.25) is 0 Å². The zero-order valence-corrected chi connectivity index (χ0v) is 44.1. The molecule has 0 spiro atoms. The Kier molecular flexibility index (Phi) is 21.9. The van der Waals surface area contributed by atoms with Crippen LogP contribution in [0.3, 0.4) is 0 Å². The number of alkyl carbamates (subject to hydrolysis) is 1. The molecule has 1 unspecified atom stereocenters. The molecule has 8 amide bonds. The molecule has 1 fully saturated rings. The Balaban J connectivity index is 1.56. The van der Waals surface area contributed by atoms with Gasteiger partial charge in [-0.3, -0.25) is 28.8 Å². The fourth-order valence-electron chi connectivity index (χ4n) is 8.57. The summed E-state index contributed by atoms with van der Waals surface area (Å²) in [7, 11) is 0. The fourth-order valence-corrected chi connectivity index (χ4v) is 9.03. The third-order valence-electron chi connectivity index (χ3n) is 12.4. The van der Waals surface area contributed by atoms with Crippen molar-refractivity contribution in [2.24, 2.45) is 17.4 Å². The van der Waals surface area contributed by atoms with E-state index in [0.29, 0.717) is 57.5 Å². The number of ether oxygens (including phenoxy) is 2. The number of hydrazine groups is 1. The quantitative estimate of drug-likeness (QED) is 0.0426. The monoisotopic (exact) mass is 1040 g/mol. The predicted molar refractivity (Wildman–Crippen MR) is 283 cm³/mol. The van der Waals surface area contributed by atoms with Crippen LogP contribution < -0.4 is 27.4 Å². The smallest absolute Gasteiger partial charge is 0.417 e. The molecule has 1 aromatic heterocycles. The van der Waals surface area contributed by atoms with E-state index in [1.54, 1.807) is 93.7 Å². The number of hydrogen-bond donors (Lipinski definition) is 6. The Labute approximate surface area is 437 Å². The van der Waals surface area contributed by atoms with Crippen molar-refractivity contribution in [3.05, 3.63) is 108 Å². The van der Waals surface area contributed by atoms with Gasteiger partial charge < -0.3 is 41.9 Å². The fraction of sp³-hybridized carbons (Fsp3) is 0.481. The summed E-state index contributed by atoms with van der Waals surface area (Å²) in [5.41, 5.74) is 13.2. The zero-order valence-electron chi connectivity index (χ0n) is 43.3. The summed E-state index contributed by atoms with van der Waals surface area (Å²) in [5.74, 6) is -3.94. The predicted octanol–water partition coefficient (Wildman–Crippen LogP) is 5.50. The Bertz CT molecular complexity index is 2540. The van der Waals surface area contributed by atoms with Gasteiger partial charge in [0.25, 0.3) is 11.8 Å². The molecule has 1 saturated heterocycles. The van der Waals surface area contributed by atoms with Gasteiger partial charge in [-0.25, -0.2) is 24.5 Å². The summed E-state index contributed by atoms with van der Waals surface area (Å²) >= 11 is 1.46. The number of rotatable bonds is 26. The van der Waals surface area contributed by atoms with E-state index in [4.69, 9.17) is 20.9 Å². The van der Waals surface area contributed by atoms with Crippen molar-refractivity contribution in [1.29, 1.82) is 0 Å². The largest absolute Gasteiger partial charge is 0.444 e. The van der Waals surface area contributed by atoms with Gasteiger partial charge in [0.05, 0.1) is 0 Å². The summed E-state index contributed by atoms with van der Waals surface area (Å²) in [4.78, 5) is 118. The van der Waals surface area contributed by atoms with Gasteiger partial charge in [-0.1, -0.05) is 92.7 Å². The van der Waals surface area contributed by atoms with Crippen molar-refractivity contribution in [2.75, 3.05) is 25.1 Å². The number of benzene rings is 3. The number of primary amides is 1. The number of hydrogen-bond acceptors (Lipinski definition) is 12. The maximum absolute atomic E-state index is 15.4. The number of aromatic nitrogens is 1. The molecule has 1 aliphatic heterocycles. The zero-order chi connectivity index (χ0) is 54.0. The molecule has 0 bridgehead atoms. The number of amides is 8. The first-order valence-electron chi connectivity index (χ1n) is 25.2. The van der Waals surface area contributed by atoms with Crippen LogP contribution >= 0.6 is 11.8 Å². The van der Waals surface area contributed by atoms with Gasteiger partial charge in [0, 0.05) is 42.9 Å². The number of thioether (sulfide) groups is 1. The van der Waals surface area contributed by atoms with Crippen molar-refractivity contribution in [3.63, 3.8) is 0 Å². The number of para-hydroxylation sites is 1. The Morgan fingerprint density at radius 2 is 1.49 bits per heavy atom. The lowest BCUT2D eigenvalue weighted by molar-refractivity contribution is -0.168. The first-order valence-corrected chi connectivity index (χ1v) is 26.6. The van der Waals surface area contributed by atoms with Gasteiger partial charge in [0.15, 0.2) is 0 Å². The summed E-state index contributed by atoms with van der Waals surface area (Å²) in [6.45, 7) is 8.86. The van der Waals surface area contributed by atoms with E-state index >= 15 is 9.59 Å². The van der Waals surface area contributed by atoms with Crippen molar-refractivity contribution < 1.29 is 47.8 Å². The van der Waals surface area contributed by atoms with Crippen LogP contribution in [0.5, 0.6) is 0 Å². The summed E-state index contributed by atoms with van der Waals surface area (Å²) < 4.78 is 11.4. The van der Waals surface area contributed by atoms with Gasteiger partial charge in [-0.05, 0) is 107 Å². The van der Waals surface area contributed by atoms with Crippen LogP contribution in [0.15, 0.2) is 91.1 Å². The maximum Gasteiger partial charge on any atom is 0.417 e. The average Bonchev–Trinajstić information content (AvgIpc) is 3.94. The molecule has 3 aromatic carbocycles. The number of imide groups is 1. The van der Waals surface area contributed by atoms with Crippen LogP contribution in [0.25, 0.3) is 10.9 Å². The molecule has 4 aromatic rings. The number of nitrogens with zero attached hydrogens (tertiary/aromatic N) is 3. The maximum atomic E-state index is 15.4. The van der Waals surface area contributed by atoms with Gasteiger partial charge in [-0.15, -0.1) is 0 Å². The number of H-pyrrole nitrogens is 1. The van der Waals surface area contributed by atoms with E-state index < -0.39 is 83.4 Å². The highest BCUT2D eigenvalue weighted by Gasteiger charge is 2.45. The van der Waals surface area contributed by atoms with E-state index in [-0.39, 0.29) is 64.1 Å². The average molecular weight is 1040 g/mol. The van der Waals surface area contributed by atoms with Crippen molar-refractivity contribution in [1.82, 2.24) is 35.9 Å². The molecule has 2 heterocycles. The van der Waals surface area contributed by atoms with Crippen LogP contribution in [-0.4, -0.2) is 128 Å². The van der Waals surface area contributed by atoms with Gasteiger partial charge in [-0.2, -0.15) is 11.8 Å². The second-order valence-corrected chi connectivity index (χ2v) is 20.7. The van der Waals surface area contributed by atoms with Crippen molar-refractivity contribution in [2.45, 2.75) is 135 Å². The third-order valence-corrected chi connectivity index (χ3v) is 13.0. The highest BCUT2D eigenvalue weighted by Crippen LogP contribution is 2.25. The Morgan fingerprint density at radius 1 is 0.824 bits per heavy atom. The molecule has 0 aliphatic carbocycles. The third kappa shape index (κ3) is 16.8. The van der Waals surface area contributed by atoms with E-state index in [1.165, 1.54) is 16.8 Å². The molecule has 0 saturated carbocycles. The van der Waals surface area contributed by atoms with Gasteiger partial charge >= 0.3 is 12.2 Å². The van der Waals surface area contributed by atoms with Crippen LogP contribution in [0.4, 0.5) is 9.59 Å². The molecule has 0 radical (unpaired) electrons. The van der Waals surface area contributed by atoms with Crippen molar-refractivity contribution >= 4 is 70.3 Å². The number of carbonyl (C=O) groups is 8. The van der Waals surface area contributed by atoms with Crippen LogP contribution in [-0.2, 0) is 57.7 Å². The molecule has 19 nitrogen and oxygen atoms in total. The number of unbranched alkanes of at least 4 members (excludes halogenated alkanes) is 1. The Morgan fingerprint density at radius 3 is 2.12 bits per heavy atom. The standard InChI is InChI=1S/C54H73N9O10S/c1-35(2)24-25-46(64)63(44(47(56)65)27-30-74-6)61-29-26-42(50(61)68)58-48(66)43(31-36-17-9-7-10-18-36)59-49(67)45(32-38-33-57-40-22-14-13-21-39(38)40)62(53(71)72-34-37-19-11-8-12-20-37)51(69)41(23-15-16-28-55)60-52(70)73-54(3,4)5/h7-14,17-22,33,35,41-45,57H,15-16,23-32,34,55H2,1-6H3,(H2,56,65)(H,58,66)(H,59,67)(H,60,70)/t41-,42+,43+,44?,45+/m0/s1. The number of carbonyl (C=O) groups excluding carboxylic acids is 8. The summed E-state index contributed by atoms with van der Waals surface area (Å²) in [6.07, 6.45) is 2.59.